The van der Waals surface area contributed by atoms with Crippen LogP contribution in [0.25, 0.3) is 15.8 Å². The Kier molecular flexibility index (Phi) is 6.95. The highest BCUT2D eigenvalue weighted by Crippen LogP contribution is 2.42. The molecule has 0 amide bonds. The van der Waals surface area contributed by atoms with Crippen LogP contribution in [0.2, 0.25) is 0 Å². The molecule has 0 spiro atoms. The lowest BCUT2D eigenvalue weighted by atomic mass is 9.87. The van der Waals surface area contributed by atoms with Crippen molar-refractivity contribution >= 4 is 33.3 Å². The molecule has 35 heavy (non-hydrogen) atoms. The summed E-state index contributed by atoms with van der Waals surface area (Å²) < 4.78 is 14.3. The Labute approximate surface area is 211 Å². The summed E-state index contributed by atoms with van der Waals surface area (Å²) in [6.45, 7) is 15.0. The van der Waals surface area contributed by atoms with Crippen molar-refractivity contribution in [1.82, 2.24) is 10.3 Å². The molecule has 4 N–H and O–H groups in total. The number of halogens is 1. The fraction of sp³-hybridized carbons (Fsp3) is 0.276. The largest absolute Gasteiger partial charge is 0.385 e. The van der Waals surface area contributed by atoms with Gasteiger partial charge in [0.1, 0.15) is 11.6 Å². The number of thioether (sulfide) groups is 1. The minimum Gasteiger partial charge on any atom is -0.385 e. The third-order valence-corrected chi connectivity index (χ3v) is 7.55. The van der Waals surface area contributed by atoms with Gasteiger partial charge in [-0.1, -0.05) is 69.4 Å². The highest BCUT2D eigenvalue weighted by atomic mass is 32.2. The number of rotatable bonds is 6. The van der Waals surface area contributed by atoms with Crippen LogP contribution in [-0.4, -0.2) is 17.2 Å². The van der Waals surface area contributed by atoms with Crippen molar-refractivity contribution in [2.24, 2.45) is 10.7 Å². The first-order valence-electron chi connectivity index (χ1n) is 11.8. The molecule has 1 aromatic heterocycles. The molecular weight excluding hydrogens is 455 g/mol. The number of nitrogens with one attached hydrogen (secondary N) is 2. The van der Waals surface area contributed by atoms with Gasteiger partial charge in [0.15, 0.2) is 0 Å². The molecule has 0 bridgehead atoms. The van der Waals surface area contributed by atoms with E-state index in [-0.39, 0.29) is 11.2 Å². The van der Waals surface area contributed by atoms with E-state index in [2.05, 4.69) is 73.0 Å². The monoisotopic (exact) mass is 488 g/mol. The van der Waals surface area contributed by atoms with E-state index in [4.69, 9.17) is 5.73 Å². The number of nitrogens with two attached hydrogens (primary N) is 1. The van der Waals surface area contributed by atoms with Gasteiger partial charge in [0.05, 0.1) is 16.1 Å². The van der Waals surface area contributed by atoms with E-state index in [1.165, 1.54) is 17.8 Å². The molecule has 0 saturated heterocycles. The van der Waals surface area contributed by atoms with Crippen LogP contribution in [0.3, 0.4) is 0 Å². The molecule has 3 aromatic rings. The van der Waals surface area contributed by atoms with Crippen LogP contribution in [0.1, 0.15) is 48.7 Å². The Morgan fingerprint density at radius 3 is 2.54 bits per heavy atom. The number of aromatic amines is 1. The minimum absolute atomic E-state index is 0.109. The van der Waals surface area contributed by atoms with Crippen LogP contribution >= 0.6 is 11.8 Å². The van der Waals surface area contributed by atoms with Crippen LogP contribution in [0, 0.1) is 19.7 Å². The van der Waals surface area contributed by atoms with E-state index in [1.54, 1.807) is 11.8 Å². The Morgan fingerprint density at radius 2 is 1.89 bits per heavy atom. The molecule has 2 aromatic carbocycles. The van der Waals surface area contributed by atoms with Gasteiger partial charge in [0.25, 0.3) is 0 Å². The second kappa shape index (κ2) is 9.78. The molecule has 0 saturated carbocycles. The molecule has 0 radical (unpaired) electrons. The second-order valence-corrected chi connectivity index (χ2v) is 10.9. The zero-order valence-corrected chi connectivity index (χ0v) is 21.9. The maximum Gasteiger partial charge on any atom is 0.147 e. The number of H-pyrrole nitrogens is 1. The maximum atomic E-state index is 14.3. The molecule has 4 nitrogen and oxygen atoms in total. The fourth-order valence-corrected chi connectivity index (χ4v) is 5.45. The van der Waals surface area contributed by atoms with E-state index in [0.29, 0.717) is 17.9 Å². The third-order valence-electron chi connectivity index (χ3n) is 6.34. The van der Waals surface area contributed by atoms with Crippen molar-refractivity contribution in [3.8, 4) is 0 Å². The minimum atomic E-state index is -0.226. The van der Waals surface area contributed by atoms with Crippen molar-refractivity contribution in [3.63, 3.8) is 0 Å². The number of nitrogens with zero attached hydrogens (tertiary/aromatic N) is 1. The molecule has 0 fully saturated rings. The molecule has 1 aliphatic heterocycles. The average molecular weight is 489 g/mol. The number of aromatic nitrogens is 1. The first kappa shape index (κ1) is 24.9. The van der Waals surface area contributed by atoms with E-state index in [0.717, 1.165) is 49.7 Å². The number of aryl methyl sites for hydroxylation is 2. The summed E-state index contributed by atoms with van der Waals surface area (Å²) in [7, 11) is 0. The summed E-state index contributed by atoms with van der Waals surface area (Å²) in [6, 6.07) is 12.0. The summed E-state index contributed by atoms with van der Waals surface area (Å²) in [5.74, 6) is 0.352. The number of benzene rings is 2. The fourth-order valence-electron chi connectivity index (χ4n) is 4.40. The van der Waals surface area contributed by atoms with Crippen molar-refractivity contribution in [3.05, 3.63) is 99.7 Å². The smallest absolute Gasteiger partial charge is 0.147 e. The van der Waals surface area contributed by atoms with Crippen LogP contribution in [0.15, 0.2) is 71.0 Å². The second-order valence-electron chi connectivity index (χ2n) is 9.90. The SMILES string of the molecule is C=C/N=C1/C=C(c2ccc(C(C)(C)C)cc2)S/C1=C(/N)NCCc1c(C)[nH]c2c(F)ccc(C)c12. The normalized spacial score (nSPS) is 16.6. The summed E-state index contributed by atoms with van der Waals surface area (Å²) in [5.41, 5.74) is 13.6. The molecule has 2 heterocycles. The summed E-state index contributed by atoms with van der Waals surface area (Å²) in [5, 5.41) is 4.32. The molecule has 0 unspecified atom stereocenters. The van der Waals surface area contributed by atoms with Crippen LogP contribution in [0.4, 0.5) is 4.39 Å². The lowest BCUT2D eigenvalue weighted by Gasteiger charge is -2.19. The Hall–Kier alpha value is -3.25. The van der Waals surface area contributed by atoms with Crippen LogP contribution in [0.5, 0.6) is 0 Å². The predicted molar refractivity (Wildman–Crippen MR) is 149 cm³/mol. The Bertz CT molecular complexity index is 1370. The van der Waals surface area contributed by atoms with Gasteiger partial charge in [0.2, 0.25) is 0 Å². The average Bonchev–Trinajstić information content (AvgIpc) is 3.38. The van der Waals surface area contributed by atoms with Gasteiger partial charge in [-0.2, -0.15) is 0 Å². The number of hydrogen-bond acceptors (Lipinski definition) is 4. The van der Waals surface area contributed by atoms with Crippen LogP contribution in [-0.2, 0) is 11.8 Å². The molecular formula is C29H33FN4S. The number of fused-ring (bicyclic) bond motifs is 1. The molecule has 0 atom stereocenters. The topological polar surface area (TPSA) is 66.2 Å². The van der Waals surface area contributed by atoms with Crippen molar-refractivity contribution < 1.29 is 4.39 Å². The molecule has 4 rings (SSSR count). The van der Waals surface area contributed by atoms with E-state index in [1.807, 2.05) is 19.9 Å². The first-order chi connectivity index (χ1) is 16.6. The quantitative estimate of drug-likeness (QED) is 0.355. The van der Waals surface area contributed by atoms with E-state index in [9.17, 15) is 4.39 Å². The predicted octanol–water partition coefficient (Wildman–Crippen LogP) is 6.85. The van der Waals surface area contributed by atoms with Gasteiger partial charge >= 0.3 is 0 Å². The highest BCUT2D eigenvalue weighted by molar-refractivity contribution is 8.13. The van der Waals surface area contributed by atoms with Gasteiger partial charge in [-0.25, -0.2) is 4.39 Å². The molecule has 182 valence electrons. The van der Waals surface area contributed by atoms with Gasteiger partial charge in [-0.15, -0.1) is 0 Å². The van der Waals surface area contributed by atoms with E-state index >= 15 is 0 Å². The zero-order chi connectivity index (χ0) is 25.3. The number of allylic oxidation sites excluding steroid dienone is 2. The summed E-state index contributed by atoms with van der Waals surface area (Å²) >= 11 is 1.61. The number of hydrogen-bond donors (Lipinski definition) is 3. The number of aliphatic imine (C=N–C) groups is 1. The lowest BCUT2D eigenvalue weighted by molar-refractivity contribution is 0.590. The van der Waals surface area contributed by atoms with E-state index < -0.39 is 0 Å². The van der Waals surface area contributed by atoms with Crippen molar-refractivity contribution in [1.29, 1.82) is 0 Å². The van der Waals surface area contributed by atoms with Crippen molar-refractivity contribution in [2.45, 2.75) is 46.5 Å². The molecule has 1 aliphatic rings. The van der Waals surface area contributed by atoms with Gasteiger partial charge < -0.3 is 16.0 Å². The molecule has 6 heteroatoms. The standard InChI is InChI=1S/C29H33FN4S/c1-7-32-23-16-24(19-9-11-20(12-10-19)29(4,5)6)35-27(23)28(31)33-15-14-21-18(3)34-26-22(30)13-8-17(2)25(21)26/h7-13,16,33-34H,1,14-15,31H2,2-6H3/b28-27-,32-23-. The first-order valence-corrected chi connectivity index (χ1v) is 12.6. The zero-order valence-electron chi connectivity index (χ0n) is 21.1. The van der Waals surface area contributed by atoms with Crippen molar-refractivity contribution in [2.75, 3.05) is 6.54 Å². The highest BCUT2D eigenvalue weighted by Gasteiger charge is 2.23. The van der Waals surface area contributed by atoms with Gasteiger partial charge in [0, 0.05) is 28.7 Å². The third kappa shape index (κ3) is 5.08. The summed E-state index contributed by atoms with van der Waals surface area (Å²) in [6.07, 6.45) is 4.31. The van der Waals surface area contributed by atoms with Crippen LogP contribution < -0.4 is 11.1 Å². The molecule has 0 aliphatic carbocycles. The maximum absolute atomic E-state index is 14.3. The lowest BCUT2D eigenvalue weighted by Crippen LogP contribution is -2.25. The van der Waals surface area contributed by atoms with Gasteiger partial charge in [-0.05, 0) is 60.1 Å². The Morgan fingerprint density at radius 1 is 1.17 bits per heavy atom. The van der Waals surface area contributed by atoms with Gasteiger partial charge in [-0.3, -0.25) is 4.99 Å². The Balaban J connectivity index is 1.52. The summed E-state index contributed by atoms with van der Waals surface area (Å²) in [4.78, 5) is 9.64.